The van der Waals surface area contributed by atoms with Gasteiger partial charge < -0.3 is 9.64 Å². The number of likely N-dealkylation sites (N-methyl/N-ethyl adjacent to an activating group) is 1. The number of fused-ring (bicyclic) bond motifs is 1. The second kappa shape index (κ2) is 7.64. The third-order valence-corrected chi connectivity index (χ3v) is 4.09. The Morgan fingerprint density at radius 1 is 0.917 bits per heavy atom. The van der Waals surface area contributed by atoms with E-state index < -0.39 is 0 Å². The number of rotatable bonds is 6. The van der Waals surface area contributed by atoms with Crippen molar-refractivity contribution in [2.24, 2.45) is 0 Å². The summed E-state index contributed by atoms with van der Waals surface area (Å²) in [4.78, 5) is 14.3. The van der Waals surface area contributed by atoms with E-state index in [2.05, 4.69) is 48.2 Å². The van der Waals surface area contributed by atoms with E-state index in [1.807, 2.05) is 24.3 Å². The van der Waals surface area contributed by atoms with Crippen molar-refractivity contribution in [2.75, 3.05) is 24.6 Å². The molecule has 0 aliphatic rings. The van der Waals surface area contributed by atoms with Gasteiger partial charge in [0.2, 0.25) is 0 Å². The number of anilines is 1. The van der Waals surface area contributed by atoms with Gasteiger partial charge in [-0.05, 0) is 30.5 Å². The van der Waals surface area contributed by atoms with E-state index >= 15 is 0 Å². The number of hydrogen-bond donors (Lipinski definition) is 0. The van der Waals surface area contributed by atoms with Gasteiger partial charge in [-0.1, -0.05) is 54.6 Å². The zero-order valence-electron chi connectivity index (χ0n) is 13.8. The van der Waals surface area contributed by atoms with E-state index in [9.17, 15) is 4.79 Å². The Morgan fingerprint density at radius 3 is 2.42 bits per heavy atom. The van der Waals surface area contributed by atoms with Crippen molar-refractivity contribution in [2.45, 2.75) is 6.92 Å². The first-order valence-corrected chi connectivity index (χ1v) is 8.24. The molecule has 0 aliphatic heterocycles. The minimum absolute atomic E-state index is 0.274. The zero-order valence-corrected chi connectivity index (χ0v) is 13.8. The van der Waals surface area contributed by atoms with E-state index in [1.54, 1.807) is 12.1 Å². The highest BCUT2D eigenvalue weighted by molar-refractivity contribution is 5.94. The summed E-state index contributed by atoms with van der Waals surface area (Å²) in [6.45, 7) is 4.01. The molecule has 3 aromatic carbocycles. The lowest BCUT2D eigenvalue weighted by Crippen LogP contribution is -2.28. The molecule has 24 heavy (non-hydrogen) atoms. The lowest BCUT2D eigenvalue weighted by molar-refractivity contribution is 0.0515. The molecule has 0 spiro atoms. The van der Waals surface area contributed by atoms with Crippen molar-refractivity contribution in [3.63, 3.8) is 0 Å². The largest absolute Gasteiger partial charge is 0.460 e. The molecule has 0 unspecified atom stereocenters. The van der Waals surface area contributed by atoms with Crippen LogP contribution in [0.25, 0.3) is 10.8 Å². The summed E-state index contributed by atoms with van der Waals surface area (Å²) in [7, 11) is 0. The van der Waals surface area contributed by atoms with Crippen LogP contribution in [0, 0.1) is 0 Å². The molecule has 0 amide bonds. The molecule has 0 saturated heterocycles. The first-order chi connectivity index (χ1) is 11.8. The van der Waals surface area contributed by atoms with Crippen molar-refractivity contribution in [3.05, 3.63) is 78.4 Å². The summed E-state index contributed by atoms with van der Waals surface area (Å²) in [5, 5.41) is 2.44. The maximum atomic E-state index is 12.0. The molecule has 0 fully saturated rings. The summed E-state index contributed by atoms with van der Waals surface area (Å²) >= 11 is 0. The highest BCUT2D eigenvalue weighted by Crippen LogP contribution is 2.26. The van der Waals surface area contributed by atoms with Gasteiger partial charge in [-0.15, -0.1) is 0 Å². The molecule has 0 aromatic heterocycles. The number of ether oxygens (including phenoxy) is 1. The molecule has 3 aromatic rings. The molecule has 0 saturated carbocycles. The zero-order chi connectivity index (χ0) is 16.8. The maximum Gasteiger partial charge on any atom is 0.338 e. The number of carbonyl (C=O) groups excluding carboxylic acids is 1. The molecule has 3 heteroatoms. The van der Waals surface area contributed by atoms with E-state index in [1.165, 1.54) is 16.5 Å². The van der Waals surface area contributed by atoms with E-state index in [0.717, 1.165) is 6.54 Å². The molecule has 3 nitrogen and oxygen atoms in total. The van der Waals surface area contributed by atoms with Gasteiger partial charge in [0.25, 0.3) is 0 Å². The van der Waals surface area contributed by atoms with Crippen molar-refractivity contribution >= 4 is 22.4 Å². The maximum absolute atomic E-state index is 12.0. The normalized spacial score (nSPS) is 10.5. The topological polar surface area (TPSA) is 29.5 Å². The van der Waals surface area contributed by atoms with Crippen LogP contribution in [0.4, 0.5) is 5.69 Å². The van der Waals surface area contributed by atoms with Gasteiger partial charge in [0.05, 0.1) is 12.1 Å². The minimum atomic E-state index is -0.274. The Hall–Kier alpha value is -2.81. The van der Waals surface area contributed by atoms with E-state index in [4.69, 9.17) is 4.74 Å². The molecule has 0 N–H and O–H groups in total. The lowest BCUT2D eigenvalue weighted by Gasteiger charge is -2.24. The Bertz CT molecular complexity index is 809. The fourth-order valence-electron chi connectivity index (χ4n) is 2.84. The monoisotopic (exact) mass is 319 g/mol. The smallest absolute Gasteiger partial charge is 0.338 e. The molecule has 0 heterocycles. The van der Waals surface area contributed by atoms with Crippen molar-refractivity contribution < 1.29 is 9.53 Å². The van der Waals surface area contributed by atoms with Crippen LogP contribution in [0.2, 0.25) is 0 Å². The van der Waals surface area contributed by atoms with Gasteiger partial charge in [-0.2, -0.15) is 0 Å². The molecule has 0 bridgehead atoms. The number of benzene rings is 3. The van der Waals surface area contributed by atoms with Crippen molar-refractivity contribution in [1.82, 2.24) is 0 Å². The SMILES string of the molecule is CCN(CCOC(=O)c1ccccc1)c1cccc2ccccc12. The minimum Gasteiger partial charge on any atom is -0.460 e. The summed E-state index contributed by atoms with van der Waals surface area (Å²) in [5.74, 6) is -0.274. The first kappa shape index (κ1) is 16.1. The molecule has 0 atom stereocenters. The summed E-state index contributed by atoms with van der Waals surface area (Å²) in [6, 6.07) is 23.7. The number of nitrogens with zero attached hydrogens (tertiary/aromatic N) is 1. The van der Waals surface area contributed by atoms with Crippen LogP contribution in [0.15, 0.2) is 72.8 Å². The Balaban J connectivity index is 1.68. The quantitative estimate of drug-likeness (QED) is 0.626. The third kappa shape index (κ3) is 3.57. The van der Waals surface area contributed by atoms with Crippen LogP contribution >= 0.6 is 0 Å². The van der Waals surface area contributed by atoms with Crippen LogP contribution < -0.4 is 4.90 Å². The second-order valence-electron chi connectivity index (χ2n) is 5.58. The lowest BCUT2D eigenvalue weighted by atomic mass is 10.1. The van der Waals surface area contributed by atoms with Gasteiger partial charge >= 0.3 is 5.97 Å². The molecule has 0 radical (unpaired) electrons. The van der Waals surface area contributed by atoms with Gasteiger partial charge in [0.1, 0.15) is 6.61 Å². The molecule has 0 aliphatic carbocycles. The number of hydrogen-bond acceptors (Lipinski definition) is 3. The fraction of sp³-hybridized carbons (Fsp3) is 0.190. The van der Waals surface area contributed by atoms with Crippen LogP contribution in [-0.4, -0.2) is 25.7 Å². The van der Waals surface area contributed by atoms with Gasteiger partial charge in [-0.25, -0.2) is 4.79 Å². The highest BCUT2D eigenvalue weighted by Gasteiger charge is 2.10. The van der Waals surface area contributed by atoms with Gasteiger partial charge in [0.15, 0.2) is 0 Å². The Morgan fingerprint density at radius 2 is 1.62 bits per heavy atom. The average molecular weight is 319 g/mol. The van der Waals surface area contributed by atoms with Crippen LogP contribution in [-0.2, 0) is 4.74 Å². The fourth-order valence-corrected chi connectivity index (χ4v) is 2.84. The van der Waals surface area contributed by atoms with Crippen LogP contribution in [0.3, 0.4) is 0 Å². The first-order valence-electron chi connectivity index (χ1n) is 8.24. The average Bonchev–Trinajstić information content (AvgIpc) is 2.65. The highest BCUT2D eigenvalue weighted by atomic mass is 16.5. The summed E-state index contributed by atoms with van der Waals surface area (Å²) in [5.41, 5.74) is 1.76. The Labute approximate surface area is 142 Å². The molecule has 3 rings (SSSR count). The van der Waals surface area contributed by atoms with E-state index in [0.29, 0.717) is 18.7 Å². The summed E-state index contributed by atoms with van der Waals surface area (Å²) < 4.78 is 5.41. The number of esters is 1. The van der Waals surface area contributed by atoms with E-state index in [-0.39, 0.29) is 5.97 Å². The predicted molar refractivity (Wildman–Crippen MR) is 98.6 cm³/mol. The second-order valence-corrected chi connectivity index (χ2v) is 5.58. The summed E-state index contributed by atoms with van der Waals surface area (Å²) in [6.07, 6.45) is 0. The molecular formula is C21H21NO2. The molecule has 122 valence electrons. The third-order valence-electron chi connectivity index (χ3n) is 4.09. The van der Waals surface area contributed by atoms with Crippen LogP contribution in [0.5, 0.6) is 0 Å². The van der Waals surface area contributed by atoms with Gasteiger partial charge in [0, 0.05) is 17.6 Å². The Kier molecular flexibility index (Phi) is 5.12. The van der Waals surface area contributed by atoms with Crippen molar-refractivity contribution in [3.8, 4) is 0 Å². The van der Waals surface area contributed by atoms with Crippen molar-refractivity contribution in [1.29, 1.82) is 0 Å². The molecular weight excluding hydrogens is 298 g/mol. The van der Waals surface area contributed by atoms with Crippen LogP contribution in [0.1, 0.15) is 17.3 Å². The standard InChI is InChI=1S/C21H21NO2/c1-2-22(15-16-24-21(23)18-10-4-3-5-11-18)20-14-8-12-17-9-6-7-13-19(17)20/h3-14H,2,15-16H2,1H3. The predicted octanol–water partition coefficient (Wildman–Crippen LogP) is 4.52. The van der Waals surface area contributed by atoms with Gasteiger partial charge in [-0.3, -0.25) is 0 Å². The number of carbonyl (C=O) groups is 1.